The molecule has 8 heteroatoms. The number of aliphatic hydroxyl groups excluding tert-OH is 2. The average molecular weight is 320 g/mol. The normalized spacial score (nSPS) is 11.5. The van der Waals surface area contributed by atoms with E-state index in [0.29, 0.717) is 21.5 Å². The van der Waals surface area contributed by atoms with E-state index in [0.717, 1.165) is 5.52 Å². The van der Waals surface area contributed by atoms with Crippen LogP contribution in [0.5, 0.6) is 0 Å². The first-order valence-electron chi connectivity index (χ1n) is 5.97. The molecule has 2 rings (SSSR count). The smallest absolute Gasteiger partial charge is 0.205 e. The maximum Gasteiger partial charge on any atom is 0.205 e. The Morgan fingerprint density at radius 1 is 1.30 bits per heavy atom. The number of nitrogens with zero attached hydrogens (tertiary/aromatic N) is 2. The fraction of sp³-hybridized carbons (Fsp3) is 0.417. The van der Waals surface area contributed by atoms with E-state index in [9.17, 15) is 0 Å². The van der Waals surface area contributed by atoms with Crippen LogP contribution < -0.4 is 5.32 Å². The highest BCUT2D eigenvalue weighted by molar-refractivity contribution is 6.42. The minimum absolute atomic E-state index is 0.121. The Kier molecular flexibility index (Phi) is 5.06. The van der Waals surface area contributed by atoms with E-state index in [2.05, 4.69) is 10.3 Å². The summed E-state index contributed by atoms with van der Waals surface area (Å²) in [6.07, 6.45) is -0.639. The first-order valence-corrected chi connectivity index (χ1v) is 6.72. The zero-order chi connectivity index (χ0) is 14.7. The van der Waals surface area contributed by atoms with Crippen LogP contribution >= 0.6 is 23.2 Å². The third-order valence-electron chi connectivity index (χ3n) is 2.86. The molecule has 0 aliphatic rings. The van der Waals surface area contributed by atoms with Gasteiger partial charge in [-0.2, -0.15) is 0 Å². The summed E-state index contributed by atoms with van der Waals surface area (Å²) in [5, 5.41) is 21.8. The second kappa shape index (κ2) is 6.60. The monoisotopic (exact) mass is 319 g/mol. The van der Waals surface area contributed by atoms with Crippen LogP contribution in [-0.4, -0.2) is 46.1 Å². The number of aromatic nitrogens is 2. The van der Waals surface area contributed by atoms with Crippen molar-refractivity contribution in [2.75, 3.05) is 25.6 Å². The van der Waals surface area contributed by atoms with Gasteiger partial charge in [0.2, 0.25) is 5.95 Å². The molecule has 110 valence electrons. The zero-order valence-corrected chi connectivity index (χ0v) is 12.3. The molecule has 2 aromatic rings. The highest BCUT2D eigenvalue weighted by Crippen LogP contribution is 2.29. The van der Waals surface area contributed by atoms with Crippen LogP contribution in [-0.2, 0) is 11.5 Å². The molecule has 0 amide bonds. The summed E-state index contributed by atoms with van der Waals surface area (Å²) in [4.78, 5) is 4.37. The first kappa shape index (κ1) is 15.3. The van der Waals surface area contributed by atoms with Gasteiger partial charge in [-0.25, -0.2) is 4.98 Å². The van der Waals surface area contributed by atoms with Crippen molar-refractivity contribution >= 4 is 40.2 Å². The third kappa shape index (κ3) is 2.99. The molecule has 0 bridgehead atoms. The predicted octanol–water partition coefficient (Wildman–Crippen LogP) is 1.71. The van der Waals surface area contributed by atoms with Gasteiger partial charge in [0.25, 0.3) is 0 Å². The highest BCUT2D eigenvalue weighted by atomic mass is 35.5. The van der Waals surface area contributed by atoms with Gasteiger partial charge in [0.15, 0.2) is 0 Å². The summed E-state index contributed by atoms with van der Waals surface area (Å²) in [7, 11) is 1.73. The predicted molar refractivity (Wildman–Crippen MR) is 78.3 cm³/mol. The van der Waals surface area contributed by atoms with Crippen molar-refractivity contribution in [2.24, 2.45) is 0 Å². The number of hydrogen-bond donors (Lipinski definition) is 3. The van der Waals surface area contributed by atoms with Crippen LogP contribution in [0.25, 0.3) is 11.0 Å². The second-order valence-corrected chi connectivity index (χ2v) is 4.97. The molecule has 0 radical (unpaired) electrons. The number of aliphatic hydroxyl groups is 2. The van der Waals surface area contributed by atoms with Crippen LogP contribution in [0.3, 0.4) is 0 Å². The standard InChI is InChI=1S/C12H15Cl2N3O3/c1-15-12-16-10-2-8(13)9(14)3-11(10)17(12)6-20-7(4-18)5-19/h2-3,7,18-19H,4-6H2,1H3,(H,15,16). The van der Waals surface area contributed by atoms with E-state index in [4.69, 9.17) is 38.2 Å². The molecule has 3 N–H and O–H groups in total. The average Bonchev–Trinajstić information content (AvgIpc) is 2.78. The van der Waals surface area contributed by atoms with Crippen molar-refractivity contribution in [1.29, 1.82) is 0 Å². The minimum atomic E-state index is -0.639. The van der Waals surface area contributed by atoms with Gasteiger partial charge < -0.3 is 20.3 Å². The first-order chi connectivity index (χ1) is 9.60. The maximum absolute atomic E-state index is 9.01. The van der Waals surface area contributed by atoms with E-state index < -0.39 is 6.10 Å². The highest BCUT2D eigenvalue weighted by Gasteiger charge is 2.14. The van der Waals surface area contributed by atoms with Gasteiger partial charge in [-0.1, -0.05) is 23.2 Å². The molecular weight excluding hydrogens is 305 g/mol. The minimum Gasteiger partial charge on any atom is -0.394 e. The topological polar surface area (TPSA) is 79.5 Å². The van der Waals surface area contributed by atoms with Crippen LogP contribution in [0.15, 0.2) is 12.1 Å². The number of rotatable bonds is 6. The van der Waals surface area contributed by atoms with E-state index >= 15 is 0 Å². The van der Waals surface area contributed by atoms with Gasteiger partial charge in [0.1, 0.15) is 12.8 Å². The summed E-state index contributed by atoms with van der Waals surface area (Å²) in [5.74, 6) is 0.577. The molecule has 0 aliphatic heterocycles. The van der Waals surface area contributed by atoms with Crippen molar-refractivity contribution in [1.82, 2.24) is 9.55 Å². The van der Waals surface area contributed by atoms with Crippen LogP contribution in [0.4, 0.5) is 5.95 Å². The van der Waals surface area contributed by atoms with Crippen molar-refractivity contribution in [2.45, 2.75) is 12.8 Å². The lowest BCUT2D eigenvalue weighted by Crippen LogP contribution is -2.23. The number of ether oxygens (including phenoxy) is 1. The summed E-state index contributed by atoms with van der Waals surface area (Å²) in [6.45, 7) is -0.397. The number of benzene rings is 1. The van der Waals surface area contributed by atoms with E-state index in [1.807, 2.05) is 0 Å². The SMILES string of the molecule is CNc1nc2cc(Cl)c(Cl)cc2n1COC(CO)CO. The third-order valence-corrected chi connectivity index (χ3v) is 3.58. The molecule has 1 aromatic carbocycles. The summed E-state index contributed by atoms with van der Waals surface area (Å²) >= 11 is 12.0. The van der Waals surface area contributed by atoms with Crippen molar-refractivity contribution < 1.29 is 14.9 Å². The van der Waals surface area contributed by atoms with Gasteiger partial charge in [0, 0.05) is 7.05 Å². The number of anilines is 1. The maximum atomic E-state index is 9.01. The van der Waals surface area contributed by atoms with Crippen molar-refractivity contribution in [3.05, 3.63) is 22.2 Å². The Morgan fingerprint density at radius 3 is 2.55 bits per heavy atom. The van der Waals surface area contributed by atoms with E-state index in [1.54, 1.807) is 23.7 Å². The Labute approximate surface area is 125 Å². The molecule has 0 saturated carbocycles. The molecule has 0 spiro atoms. The summed E-state index contributed by atoms with van der Waals surface area (Å²) < 4.78 is 7.16. The van der Waals surface area contributed by atoms with E-state index in [-0.39, 0.29) is 19.9 Å². The zero-order valence-electron chi connectivity index (χ0n) is 10.8. The molecule has 1 heterocycles. The molecule has 20 heavy (non-hydrogen) atoms. The Hall–Kier alpha value is -1.05. The largest absolute Gasteiger partial charge is 0.394 e. The lowest BCUT2D eigenvalue weighted by molar-refractivity contribution is -0.0480. The lowest BCUT2D eigenvalue weighted by Gasteiger charge is -2.15. The number of hydrogen-bond acceptors (Lipinski definition) is 5. The van der Waals surface area contributed by atoms with Crippen molar-refractivity contribution in [3.63, 3.8) is 0 Å². The molecule has 0 fully saturated rings. The van der Waals surface area contributed by atoms with Gasteiger partial charge in [0.05, 0.1) is 34.3 Å². The van der Waals surface area contributed by atoms with Gasteiger partial charge in [-0.15, -0.1) is 0 Å². The van der Waals surface area contributed by atoms with Gasteiger partial charge in [-0.3, -0.25) is 4.57 Å². The molecule has 0 atom stereocenters. The Balaban J connectivity index is 2.37. The van der Waals surface area contributed by atoms with E-state index in [1.165, 1.54) is 0 Å². The number of nitrogens with one attached hydrogen (secondary N) is 1. The second-order valence-electron chi connectivity index (χ2n) is 4.15. The lowest BCUT2D eigenvalue weighted by atomic mass is 10.3. The number of imidazole rings is 1. The molecule has 0 unspecified atom stereocenters. The molecule has 0 saturated heterocycles. The quantitative estimate of drug-likeness (QED) is 0.755. The molecular formula is C12H15Cl2N3O3. The number of halogens is 2. The van der Waals surface area contributed by atoms with Crippen molar-refractivity contribution in [3.8, 4) is 0 Å². The molecule has 0 aliphatic carbocycles. The summed E-state index contributed by atoms with van der Waals surface area (Å²) in [6, 6.07) is 3.37. The van der Waals surface area contributed by atoms with Gasteiger partial charge in [-0.05, 0) is 12.1 Å². The Bertz CT molecular complexity index is 599. The molecule has 6 nitrogen and oxygen atoms in total. The van der Waals surface area contributed by atoms with Crippen LogP contribution in [0.2, 0.25) is 10.0 Å². The number of fused-ring (bicyclic) bond motifs is 1. The fourth-order valence-corrected chi connectivity index (χ4v) is 2.10. The van der Waals surface area contributed by atoms with Crippen LogP contribution in [0, 0.1) is 0 Å². The molecule has 1 aromatic heterocycles. The summed E-state index contributed by atoms with van der Waals surface area (Å²) in [5.41, 5.74) is 1.43. The van der Waals surface area contributed by atoms with Gasteiger partial charge >= 0.3 is 0 Å². The fourth-order valence-electron chi connectivity index (χ4n) is 1.78. The Morgan fingerprint density at radius 2 is 1.95 bits per heavy atom. The van der Waals surface area contributed by atoms with Crippen LogP contribution in [0.1, 0.15) is 0 Å².